The van der Waals surface area contributed by atoms with Crippen molar-refractivity contribution in [3.05, 3.63) is 35.1 Å². The highest BCUT2D eigenvalue weighted by atomic mass is 19.1. The summed E-state index contributed by atoms with van der Waals surface area (Å²) in [5.41, 5.74) is 0.861. The van der Waals surface area contributed by atoms with Crippen LogP contribution < -0.4 is 0 Å². The fraction of sp³-hybridized carbons (Fsp3) is 0.333. The minimum Gasteiger partial charge on any atom is -0.468 e. The molecule has 1 aromatic carbocycles. The molecular formula is C12H13FO3. The van der Waals surface area contributed by atoms with Gasteiger partial charge in [0.2, 0.25) is 0 Å². The van der Waals surface area contributed by atoms with Crippen molar-refractivity contribution in [2.24, 2.45) is 5.92 Å². The Labute approximate surface area is 93.2 Å². The molecule has 0 radical (unpaired) electrons. The Hall–Kier alpha value is -1.71. The molecule has 0 spiro atoms. The number of ether oxygens (including phenoxy) is 1. The van der Waals surface area contributed by atoms with E-state index in [1.165, 1.54) is 26.2 Å². The standard InChI is InChI=1S/C12H13FO3/c1-7-4-5-9(13)6-10(7)11(14)8(2)12(15)16-3/h4-6,8H,1-3H3. The zero-order valence-electron chi connectivity index (χ0n) is 9.41. The summed E-state index contributed by atoms with van der Waals surface area (Å²) in [7, 11) is 1.21. The summed E-state index contributed by atoms with van der Waals surface area (Å²) >= 11 is 0. The number of benzene rings is 1. The summed E-state index contributed by atoms with van der Waals surface area (Å²) in [6, 6.07) is 3.92. The van der Waals surface area contributed by atoms with Crippen LogP contribution >= 0.6 is 0 Å². The first-order chi connectivity index (χ1) is 7.47. The highest BCUT2D eigenvalue weighted by Crippen LogP contribution is 2.16. The number of carbonyl (C=O) groups is 2. The van der Waals surface area contributed by atoms with Gasteiger partial charge in [0, 0.05) is 5.56 Å². The largest absolute Gasteiger partial charge is 0.468 e. The second-order valence-electron chi connectivity index (χ2n) is 3.57. The van der Waals surface area contributed by atoms with Crippen molar-refractivity contribution in [1.29, 1.82) is 0 Å². The van der Waals surface area contributed by atoms with Gasteiger partial charge in [0.15, 0.2) is 5.78 Å². The summed E-state index contributed by atoms with van der Waals surface area (Å²) in [5, 5.41) is 0. The summed E-state index contributed by atoms with van der Waals surface area (Å²) < 4.78 is 17.5. The topological polar surface area (TPSA) is 43.4 Å². The van der Waals surface area contributed by atoms with E-state index in [9.17, 15) is 14.0 Å². The lowest BCUT2D eigenvalue weighted by Gasteiger charge is -2.10. The average molecular weight is 224 g/mol. The maximum Gasteiger partial charge on any atom is 0.316 e. The minimum atomic E-state index is -0.912. The van der Waals surface area contributed by atoms with Gasteiger partial charge in [0.1, 0.15) is 11.7 Å². The van der Waals surface area contributed by atoms with Crippen molar-refractivity contribution in [2.75, 3.05) is 7.11 Å². The molecule has 1 aromatic rings. The van der Waals surface area contributed by atoms with Crippen molar-refractivity contribution in [3.8, 4) is 0 Å². The molecule has 1 atom stereocenters. The smallest absolute Gasteiger partial charge is 0.316 e. The molecule has 0 bridgehead atoms. The van der Waals surface area contributed by atoms with Crippen molar-refractivity contribution >= 4 is 11.8 Å². The van der Waals surface area contributed by atoms with Crippen LogP contribution in [0.5, 0.6) is 0 Å². The highest BCUT2D eigenvalue weighted by Gasteiger charge is 2.24. The molecule has 4 heteroatoms. The second-order valence-corrected chi connectivity index (χ2v) is 3.57. The maximum atomic E-state index is 13.0. The number of Topliss-reactive ketones (excluding diaryl/α,β-unsaturated/α-hetero) is 1. The van der Waals surface area contributed by atoms with Crippen LogP contribution in [0.4, 0.5) is 4.39 Å². The Balaban J connectivity index is 3.05. The van der Waals surface area contributed by atoms with Crippen molar-refractivity contribution in [1.82, 2.24) is 0 Å². The molecule has 0 amide bonds. The summed E-state index contributed by atoms with van der Waals surface area (Å²) in [4.78, 5) is 23.0. The number of esters is 1. The zero-order chi connectivity index (χ0) is 12.3. The molecule has 1 unspecified atom stereocenters. The summed E-state index contributed by atoms with van der Waals surface area (Å²) in [5.74, 6) is -2.45. The van der Waals surface area contributed by atoms with E-state index < -0.39 is 23.5 Å². The Morgan fingerprint density at radius 1 is 1.38 bits per heavy atom. The van der Waals surface area contributed by atoms with Gasteiger partial charge in [-0.1, -0.05) is 6.07 Å². The minimum absolute atomic E-state index is 0.220. The third kappa shape index (κ3) is 2.45. The van der Waals surface area contributed by atoms with E-state index in [1.54, 1.807) is 6.92 Å². The van der Waals surface area contributed by atoms with Crippen LogP contribution in [0.25, 0.3) is 0 Å². The first-order valence-electron chi connectivity index (χ1n) is 4.85. The van der Waals surface area contributed by atoms with Crippen LogP contribution in [-0.2, 0) is 9.53 Å². The second kappa shape index (κ2) is 4.88. The fourth-order valence-corrected chi connectivity index (χ4v) is 1.38. The van der Waals surface area contributed by atoms with E-state index in [4.69, 9.17) is 0 Å². The van der Waals surface area contributed by atoms with E-state index in [1.807, 2.05) is 0 Å². The van der Waals surface area contributed by atoms with Crippen LogP contribution in [-0.4, -0.2) is 18.9 Å². The van der Waals surface area contributed by atoms with Gasteiger partial charge in [-0.2, -0.15) is 0 Å². The number of carbonyl (C=O) groups excluding carboxylic acids is 2. The van der Waals surface area contributed by atoms with E-state index in [2.05, 4.69) is 4.74 Å². The van der Waals surface area contributed by atoms with Crippen molar-refractivity contribution < 1.29 is 18.7 Å². The third-order valence-electron chi connectivity index (χ3n) is 2.41. The van der Waals surface area contributed by atoms with Crippen LogP contribution in [0, 0.1) is 18.7 Å². The SMILES string of the molecule is COC(=O)C(C)C(=O)c1cc(F)ccc1C. The number of hydrogen-bond donors (Lipinski definition) is 0. The molecule has 0 saturated heterocycles. The van der Waals surface area contributed by atoms with E-state index in [-0.39, 0.29) is 5.56 Å². The molecule has 16 heavy (non-hydrogen) atoms. The Morgan fingerprint density at radius 3 is 2.56 bits per heavy atom. The predicted octanol–water partition coefficient (Wildman–Crippen LogP) is 2.13. The van der Waals surface area contributed by atoms with Gasteiger partial charge in [0.25, 0.3) is 0 Å². The first-order valence-corrected chi connectivity index (χ1v) is 4.85. The number of halogens is 1. The molecule has 86 valence electrons. The van der Waals surface area contributed by atoms with Crippen molar-refractivity contribution in [2.45, 2.75) is 13.8 Å². The van der Waals surface area contributed by atoms with E-state index in [0.717, 1.165) is 6.07 Å². The van der Waals surface area contributed by atoms with Gasteiger partial charge >= 0.3 is 5.97 Å². The summed E-state index contributed by atoms with van der Waals surface area (Å²) in [6.07, 6.45) is 0. The Kier molecular flexibility index (Phi) is 3.77. The van der Waals surface area contributed by atoms with Gasteiger partial charge in [-0.05, 0) is 31.5 Å². The zero-order valence-corrected chi connectivity index (χ0v) is 9.41. The van der Waals surface area contributed by atoms with Gasteiger partial charge in [-0.25, -0.2) is 4.39 Å². The number of hydrogen-bond acceptors (Lipinski definition) is 3. The van der Waals surface area contributed by atoms with E-state index >= 15 is 0 Å². The third-order valence-corrected chi connectivity index (χ3v) is 2.41. The van der Waals surface area contributed by atoms with Gasteiger partial charge in [-0.15, -0.1) is 0 Å². The summed E-state index contributed by atoms with van der Waals surface area (Å²) in [6.45, 7) is 3.13. The Bertz CT molecular complexity index is 426. The van der Waals surface area contributed by atoms with Crippen LogP contribution in [0.1, 0.15) is 22.8 Å². The molecule has 3 nitrogen and oxygen atoms in total. The van der Waals surface area contributed by atoms with Gasteiger partial charge in [0.05, 0.1) is 7.11 Å². The monoisotopic (exact) mass is 224 g/mol. The molecule has 0 aromatic heterocycles. The highest BCUT2D eigenvalue weighted by molar-refractivity contribution is 6.09. The first kappa shape index (κ1) is 12.4. The number of rotatable bonds is 3. The van der Waals surface area contributed by atoms with Crippen LogP contribution in [0.15, 0.2) is 18.2 Å². The maximum absolute atomic E-state index is 13.0. The van der Waals surface area contributed by atoms with E-state index in [0.29, 0.717) is 5.56 Å². The predicted molar refractivity (Wildman–Crippen MR) is 56.6 cm³/mol. The quantitative estimate of drug-likeness (QED) is 0.448. The molecule has 0 aliphatic heterocycles. The molecule has 0 saturated carbocycles. The molecule has 0 heterocycles. The Morgan fingerprint density at radius 2 is 2.00 bits per heavy atom. The van der Waals surface area contributed by atoms with Crippen molar-refractivity contribution in [3.63, 3.8) is 0 Å². The molecule has 0 fully saturated rings. The molecular weight excluding hydrogens is 211 g/mol. The average Bonchev–Trinajstić information content (AvgIpc) is 2.29. The molecule has 0 N–H and O–H groups in total. The number of methoxy groups -OCH3 is 1. The molecule has 0 aliphatic rings. The normalized spacial score (nSPS) is 12.0. The number of aryl methyl sites for hydroxylation is 1. The lowest BCUT2D eigenvalue weighted by molar-refractivity contribution is -0.143. The van der Waals surface area contributed by atoms with Gasteiger partial charge < -0.3 is 4.74 Å². The van der Waals surface area contributed by atoms with Crippen LogP contribution in [0.3, 0.4) is 0 Å². The lowest BCUT2D eigenvalue weighted by atomic mass is 9.96. The number of ketones is 1. The fourth-order valence-electron chi connectivity index (χ4n) is 1.38. The molecule has 0 aliphatic carbocycles. The van der Waals surface area contributed by atoms with Gasteiger partial charge in [-0.3, -0.25) is 9.59 Å². The lowest BCUT2D eigenvalue weighted by Crippen LogP contribution is -2.23. The van der Waals surface area contributed by atoms with Crippen LogP contribution in [0.2, 0.25) is 0 Å². The molecule has 1 rings (SSSR count).